The number of imide groups is 1. The van der Waals surface area contributed by atoms with Crippen LogP contribution in [0.2, 0.25) is 0 Å². The molecule has 1 N–H and O–H groups in total. The van der Waals surface area contributed by atoms with E-state index in [-0.39, 0.29) is 23.8 Å². The quantitative estimate of drug-likeness (QED) is 0.751. The van der Waals surface area contributed by atoms with E-state index >= 15 is 0 Å². The number of aliphatic hydroxyl groups excluding tert-OH is 1. The number of hydrogen-bond donors (Lipinski definition) is 1. The molecule has 1 aliphatic carbocycles. The lowest BCUT2D eigenvalue weighted by molar-refractivity contribution is -0.140. The Balaban J connectivity index is 2.09. The van der Waals surface area contributed by atoms with E-state index < -0.39 is 0 Å². The fourth-order valence-corrected chi connectivity index (χ4v) is 2.79. The lowest BCUT2D eigenvalue weighted by Gasteiger charge is -2.38. The lowest BCUT2D eigenvalue weighted by Crippen LogP contribution is -2.44. The van der Waals surface area contributed by atoms with Gasteiger partial charge in [0, 0.05) is 23.6 Å². The number of carbonyl (C=O) groups excluding carboxylic acids is 2. The topological polar surface area (TPSA) is 57.6 Å². The Kier molecular flexibility index (Phi) is 3.33. The van der Waals surface area contributed by atoms with Crippen LogP contribution in [-0.4, -0.2) is 35.0 Å². The van der Waals surface area contributed by atoms with Crippen LogP contribution in [0.5, 0.6) is 0 Å². The lowest BCUT2D eigenvalue weighted by atomic mass is 9.74. The molecule has 2 rings (SSSR count). The summed E-state index contributed by atoms with van der Waals surface area (Å²) in [5.41, 5.74) is 0.237. The Labute approximate surface area is 101 Å². The number of nitrogens with zero attached hydrogens (tertiary/aromatic N) is 1. The van der Waals surface area contributed by atoms with Crippen LogP contribution < -0.4 is 0 Å². The molecular weight excluding hydrogens is 218 g/mol. The molecule has 2 amide bonds. The van der Waals surface area contributed by atoms with Gasteiger partial charge in [0.25, 0.3) is 11.8 Å². The second-order valence-electron chi connectivity index (χ2n) is 5.28. The number of rotatable bonds is 3. The number of carbonyl (C=O) groups is 2. The third kappa shape index (κ3) is 2.27. The van der Waals surface area contributed by atoms with E-state index in [2.05, 4.69) is 0 Å². The van der Waals surface area contributed by atoms with Crippen molar-refractivity contribution in [2.75, 3.05) is 13.2 Å². The van der Waals surface area contributed by atoms with Gasteiger partial charge in [-0.15, -0.1) is 0 Å². The van der Waals surface area contributed by atoms with E-state index in [9.17, 15) is 14.7 Å². The predicted octanol–water partition coefficient (Wildman–Crippen LogP) is 1.24. The third-order valence-corrected chi connectivity index (χ3v) is 3.93. The van der Waals surface area contributed by atoms with Crippen molar-refractivity contribution < 1.29 is 14.7 Å². The SMILES string of the molecule is CC1=CC(=O)N(CC2(CO)CCCCC2)C1=O. The van der Waals surface area contributed by atoms with Gasteiger partial charge >= 0.3 is 0 Å². The van der Waals surface area contributed by atoms with Crippen molar-refractivity contribution >= 4 is 11.8 Å². The summed E-state index contributed by atoms with van der Waals surface area (Å²) in [5, 5.41) is 9.57. The van der Waals surface area contributed by atoms with E-state index in [0.717, 1.165) is 25.7 Å². The normalized spacial score (nSPS) is 24.1. The second-order valence-corrected chi connectivity index (χ2v) is 5.28. The first-order chi connectivity index (χ1) is 8.08. The predicted molar refractivity (Wildman–Crippen MR) is 63.1 cm³/mol. The molecule has 0 unspecified atom stereocenters. The standard InChI is InChI=1S/C13H19NO3/c1-10-7-11(16)14(12(10)17)8-13(9-15)5-3-2-4-6-13/h7,15H,2-6,8-9H2,1H3. The maximum absolute atomic E-state index is 11.8. The number of aliphatic hydroxyl groups is 1. The molecule has 1 fully saturated rings. The summed E-state index contributed by atoms with van der Waals surface area (Å²) in [6.07, 6.45) is 6.52. The Morgan fingerprint density at radius 3 is 2.41 bits per heavy atom. The number of amides is 2. The molecule has 0 aromatic carbocycles. The maximum Gasteiger partial charge on any atom is 0.256 e. The first kappa shape index (κ1) is 12.3. The Bertz CT molecular complexity index is 367. The van der Waals surface area contributed by atoms with Gasteiger partial charge in [0.1, 0.15) is 0 Å². The highest BCUT2D eigenvalue weighted by molar-refractivity contribution is 6.15. The van der Waals surface area contributed by atoms with Crippen molar-refractivity contribution in [2.24, 2.45) is 5.41 Å². The highest BCUT2D eigenvalue weighted by atomic mass is 16.3. The highest BCUT2D eigenvalue weighted by Gasteiger charge is 2.38. The highest BCUT2D eigenvalue weighted by Crippen LogP contribution is 2.37. The zero-order chi connectivity index (χ0) is 12.5. The number of hydrogen-bond acceptors (Lipinski definition) is 3. The van der Waals surface area contributed by atoms with Gasteiger partial charge in [-0.05, 0) is 19.8 Å². The molecule has 1 saturated carbocycles. The zero-order valence-corrected chi connectivity index (χ0v) is 10.2. The largest absolute Gasteiger partial charge is 0.396 e. The van der Waals surface area contributed by atoms with Gasteiger partial charge in [-0.25, -0.2) is 0 Å². The average Bonchev–Trinajstić information content (AvgIpc) is 2.57. The van der Waals surface area contributed by atoms with Gasteiger partial charge in [0.15, 0.2) is 0 Å². The van der Waals surface area contributed by atoms with Gasteiger partial charge < -0.3 is 5.11 Å². The molecule has 0 spiro atoms. The molecule has 17 heavy (non-hydrogen) atoms. The van der Waals surface area contributed by atoms with E-state index in [0.29, 0.717) is 12.1 Å². The monoisotopic (exact) mass is 237 g/mol. The summed E-state index contributed by atoms with van der Waals surface area (Å²) < 4.78 is 0. The summed E-state index contributed by atoms with van der Waals surface area (Å²) in [4.78, 5) is 24.8. The van der Waals surface area contributed by atoms with Crippen LogP contribution in [0.15, 0.2) is 11.6 Å². The first-order valence-corrected chi connectivity index (χ1v) is 6.23. The molecule has 1 heterocycles. The third-order valence-electron chi connectivity index (χ3n) is 3.93. The van der Waals surface area contributed by atoms with Gasteiger partial charge in [-0.3, -0.25) is 14.5 Å². The van der Waals surface area contributed by atoms with Gasteiger partial charge in [0.05, 0.1) is 6.61 Å². The molecule has 4 nitrogen and oxygen atoms in total. The molecule has 94 valence electrons. The summed E-state index contributed by atoms with van der Waals surface area (Å²) in [7, 11) is 0. The van der Waals surface area contributed by atoms with Crippen molar-refractivity contribution in [3.8, 4) is 0 Å². The molecule has 0 aromatic heterocycles. The van der Waals surface area contributed by atoms with E-state index in [4.69, 9.17) is 0 Å². The summed E-state index contributed by atoms with van der Waals surface area (Å²) in [5.74, 6) is -0.431. The Hall–Kier alpha value is -1.16. The van der Waals surface area contributed by atoms with E-state index in [1.807, 2.05) is 0 Å². The van der Waals surface area contributed by atoms with Crippen LogP contribution in [0.3, 0.4) is 0 Å². The molecule has 1 aliphatic heterocycles. The molecule has 0 radical (unpaired) electrons. The average molecular weight is 237 g/mol. The van der Waals surface area contributed by atoms with Crippen LogP contribution >= 0.6 is 0 Å². The second kappa shape index (κ2) is 4.61. The Morgan fingerprint density at radius 2 is 1.94 bits per heavy atom. The fraction of sp³-hybridized carbons (Fsp3) is 0.692. The summed E-state index contributed by atoms with van der Waals surface area (Å²) in [6.45, 7) is 2.09. The van der Waals surface area contributed by atoms with Gasteiger partial charge in [0.2, 0.25) is 0 Å². The van der Waals surface area contributed by atoms with E-state index in [1.54, 1.807) is 6.92 Å². The van der Waals surface area contributed by atoms with Crippen LogP contribution in [0, 0.1) is 5.41 Å². The van der Waals surface area contributed by atoms with E-state index in [1.165, 1.54) is 17.4 Å². The molecule has 0 bridgehead atoms. The molecule has 4 heteroatoms. The molecule has 2 aliphatic rings. The van der Waals surface area contributed by atoms with Crippen molar-refractivity contribution in [1.29, 1.82) is 0 Å². The minimum Gasteiger partial charge on any atom is -0.396 e. The van der Waals surface area contributed by atoms with Crippen molar-refractivity contribution in [1.82, 2.24) is 4.90 Å². The van der Waals surface area contributed by atoms with Crippen LogP contribution in [0.4, 0.5) is 0 Å². The molecule has 0 aromatic rings. The molecule has 0 atom stereocenters. The van der Waals surface area contributed by atoms with Crippen LogP contribution in [0.25, 0.3) is 0 Å². The first-order valence-electron chi connectivity index (χ1n) is 6.23. The van der Waals surface area contributed by atoms with Crippen LogP contribution in [0.1, 0.15) is 39.0 Å². The minimum absolute atomic E-state index is 0.0586. The van der Waals surface area contributed by atoms with Gasteiger partial charge in [-0.2, -0.15) is 0 Å². The van der Waals surface area contributed by atoms with Crippen molar-refractivity contribution in [3.05, 3.63) is 11.6 Å². The summed E-state index contributed by atoms with van der Waals surface area (Å²) >= 11 is 0. The molecular formula is C13H19NO3. The minimum atomic E-state index is -0.262. The van der Waals surface area contributed by atoms with Crippen molar-refractivity contribution in [3.63, 3.8) is 0 Å². The Morgan fingerprint density at radius 1 is 1.29 bits per heavy atom. The maximum atomic E-state index is 11.8. The van der Waals surface area contributed by atoms with Gasteiger partial charge in [-0.1, -0.05) is 19.3 Å². The fourth-order valence-electron chi connectivity index (χ4n) is 2.79. The van der Waals surface area contributed by atoms with Crippen molar-refractivity contribution in [2.45, 2.75) is 39.0 Å². The van der Waals surface area contributed by atoms with Crippen LogP contribution in [-0.2, 0) is 9.59 Å². The zero-order valence-electron chi connectivity index (χ0n) is 10.2. The molecule has 0 saturated heterocycles. The smallest absolute Gasteiger partial charge is 0.256 e. The summed E-state index contributed by atoms with van der Waals surface area (Å²) in [6, 6.07) is 0.